The second-order valence-corrected chi connectivity index (χ2v) is 6.53. The summed E-state index contributed by atoms with van der Waals surface area (Å²) in [7, 11) is 0. The second-order valence-electron chi connectivity index (χ2n) is 5.33. The van der Waals surface area contributed by atoms with E-state index in [2.05, 4.69) is 27.2 Å². The number of nitrogens with two attached hydrogens (primary N) is 1. The number of anilines is 3. The van der Waals surface area contributed by atoms with E-state index < -0.39 is 0 Å². The third-order valence-corrected chi connectivity index (χ3v) is 4.64. The maximum Gasteiger partial charge on any atom is 0.248 e. The zero-order valence-electron chi connectivity index (χ0n) is 13.8. The minimum atomic E-state index is 0.321. The van der Waals surface area contributed by atoms with Crippen LogP contribution in [0.5, 0.6) is 11.6 Å². The highest BCUT2D eigenvalue weighted by molar-refractivity contribution is 7.15. The molecule has 0 saturated carbocycles. The van der Waals surface area contributed by atoms with E-state index in [1.54, 1.807) is 11.3 Å². The Kier molecular flexibility index (Phi) is 4.61. The van der Waals surface area contributed by atoms with Crippen LogP contribution in [-0.2, 0) is 6.42 Å². The largest absolute Gasteiger partial charge is 0.437 e. The normalized spacial score (nSPS) is 10.6. The van der Waals surface area contributed by atoms with Crippen molar-refractivity contribution < 1.29 is 4.74 Å². The van der Waals surface area contributed by atoms with Crippen LogP contribution >= 0.6 is 11.3 Å². The van der Waals surface area contributed by atoms with Gasteiger partial charge in [-0.2, -0.15) is 4.98 Å². The van der Waals surface area contributed by atoms with Gasteiger partial charge in [0.2, 0.25) is 5.88 Å². The van der Waals surface area contributed by atoms with E-state index >= 15 is 0 Å². The molecule has 0 spiro atoms. The number of thiazole rings is 1. The molecule has 0 radical (unpaired) electrons. The van der Waals surface area contributed by atoms with Crippen LogP contribution in [0.3, 0.4) is 0 Å². The highest BCUT2D eigenvalue weighted by Gasteiger charge is 2.12. The van der Waals surface area contributed by atoms with Crippen molar-refractivity contribution in [1.29, 1.82) is 0 Å². The first-order chi connectivity index (χ1) is 11.6. The predicted octanol–water partition coefficient (Wildman–Crippen LogP) is 4.23. The monoisotopic (exact) mass is 341 g/mol. The third kappa shape index (κ3) is 3.46. The quantitative estimate of drug-likeness (QED) is 0.722. The standard InChI is InChI=1S/C17H19N5OS/c1-4-12-5-7-13(8-6-12)23-16-14(18)15(19-9-20-16)22-17-21-10(2)11(3)24-17/h5-9H,4,18H2,1-3H3,(H,19,20,21,22). The summed E-state index contributed by atoms with van der Waals surface area (Å²) in [6, 6.07) is 7.85. The van der Waals surface area contributed by atoms with Gasteiger partial charge in [-0.15, -0.1) is 11.3 Å². The Balaban J connectivity index is 1.81. The fourth-order valence-corrected chi connectivity index (χ4v) is 2.91. The highest BCUT2D eigenvalue weighted by atomic mass is 32.1. The van der Waals surface area contributed by atoms with Crippen LogP contribution in [-0.4, -0.2) is 15.0 Å². The van der Waals surface area contributed by atoms with Crippen LogP contribution in [0.4, 0.5) is 16.6 Å². The van der Waals surface area contributed by atoms with Crippen molar-refractivity contribution in [1.82, 2.24) is 15.0 Å². The van der Waals surface area contributed by atoms with Gasteiger partial charge in [0.1, 0.15) is 17.8 Å². The van der Waals surface area contributed by atoms with E-state index in [0.717, 1.165) is 22.1 Å². The van der Waals surface area contributed by atoms with Crippen molar-refractivity contribution in [2.75, 3.05) is 11.1 Å². The predicted molar refractivity (Wildman–Crippen MR) is 97.2 cm³/mol. The first-order valence-electron chi connectivity index (χ1n) is 7.65. The van der Waals surface area contributed by atoms with Gasteiger partial charge in [-0.3, -0.25) is 0 Å². The molecule has 2 heterocycles. The van der Waals surface area contributed by atoms with Crippen LogP contribution in [0.1, 0.15) is 23.1 Å². The molecule has 3 N–H and O–H groups in total. The van der Waals surface area contributed by atoms with Gasteiger partial charge in [-0.25, -0.2) is 9.97 Å². The summed E-state index contributed by atoms with van der Waals surface area (Å²) in [5, 5.41) is 3.87. The number of nitrogen functional groups attached to an aromatic ring is 1. The van der Waals surface area contributed by atoms with E-state index in [1.807, 2.05) is 38.1 Å². The molecule has 0 saturated heterocycles. The first kappa shape index (κ1) is 16.2. The Labute approximate surface area is 144 Å². The highest BCUT2D eigenvalue weighted by Crippen LogP contribution is 2.32. The summed E-state index contributed by atoms with van der Waals surface area (Å²) < 4.78 is 5.78. The van der Waals surface area contributed by atoms with Crippen molar-refractivity contribution in [2.45, 2.75) is 27.2 Å². The number of aryl methyl sites for hydroxylation is 3. The van der Waals surface area contributed by atoms with Crippen LogP contribution in [0, 0.1) is 13.8 Å². The molecule has 7 heteroatoms. The molecule has 1 aromatic carbocycles. The van der Waals surface area contributed by atoms with Crippen LogP contribution in [0.25, 0.3) is 0 Å². The van der Waals surface area contributed by atoms with Crippen molar-refractivity contribution in [3.63, 3.8) is 0 Å². The Bertz CT molecular complexity index is 825. The van der Waals surface area contributed by atoms with Crippen LogP contribution in [0.2, 0.25) is 0 Å². The van der Waals surface area contributed by atoms with Gasteiger partial charge < -0.3 is 15.8 Å². The summed E-state index contributed by atoms with van der Waals surface area (Å²) in [5.41, 5.74) is 8.73. The summed E-state index contributed by atoms with van der Waals surface area (Å²) in [4.78, 5) is 13.9. The van der Waals surface area contributed by atoms with E-state index in [1.165, 1.54) is 11.9 Å². The molecule has 0 aliphatic heterocycles. The van der Waals surface area contributed by atoms with Gasteiger partial charge in [0.05, 0.1) is 5.69 Å². The SMILES string of the molecule is CCc1ccc(Oc2ncnc(Nc3nc(C)c(C)s3)c2N)cc1. The first-order valence-corrected chi connectivity index (χ1v) is 8.46. The molecule has 0 unspecified atom stereocenters. The number of ether oxygens (including phenoxy) is 1. The number of benzene rings is 1. The van der Waals surface area contributed by atoms with Gasteiger partial charge in [0.15, 0.2) is 10.9 Å². The Hall–Kier alpha value is -2.67. The zero-order valence-corrected chi connectivity index (χ0v) is 14.6. The number of hydrogen-bond donors (Lipinski definition) is 2. The maximum absolute atomic E-state index is 6.14. The molecule has 0 bridgehead atoms. The lowest BCUT2D eigenvalue weighted by Crippen LogP contribution is -2.03. The fourth-order valence-electron chi connectivity index (χ4n) is 2.09. The van der Waals surface area contributed by atoms with Gasteiger partial charge >= 0.3 is 0 Å². The molecule has 24 heavy (non-hydrogen) atoms. The number of nitrogens with one attached hydrogen (secondary N) is 1. The minimum absolute atomic E-state index is 0.321. The molecule has 3 aromatic rings. The molecular weight excluding hydrogens is 322 g/mol. The van der Waals surface area contributed by atoms with Gasteiger partial charge in [-0.1, -0.05) is 19.1 Å². The number of hydrogen-bond acceptors (Lipinski definition) is 7. The molecule has 0 atom stereocenters. The zero-order chi connectivity index (χ0) is 17.1. The lowest BCUT2D eigenvalue weighted by Gasteiger charge is -2.10. The molecule has 0 aliphatic carbocycles. The molecule has 2 aromatic heterocycles. The average molecular weight is 341 g/mol. The molecule has 6 nitrogen and oxygen atoms in total. The third-order valence-electron chi connectivity index (χ3n) is 3.65. The minimum Gasteiger partial charge on any atom is -0.437 e. The van der Waals surface area contributed by atoms with Crippen molar-refractivity contribution >= 4 is 28.0 Å². The fraction of sp³-hybridized carbons (Fsp3) is 0.235. The molecule has 0 amide bonds. The lowest BCUT2D eigenvalue weighted by atomic mass is 10.2. The lowest BCUT2D eigenvalue weighted by molar-refractivity contribution is 0.464. The molecule has 3 rings (SSSR count). The van der Waals surface area contributed by atoms with Crippen LogP contribution in [0.15, 0.2) is 30.6 Å². The number of nitrogens with zero attached hydrogens (tertiary/aromatic N) is 3. The Morgan fingerprint density at radius 1 is 1.17 bits per heavy atom. The summed E-state index contributed by atoms with van der Waals surface area (Å²) in [6.45, 7) is 6.10. The molecular formula is C17H19N5OS. The molecule has 124 valence electrons. The van der Waals surface area contributed by atoms with Crippen molar-refractivity contribution in [3.05, 3.63) is 46.7 Å². The van der Waals surface area contributed by atoms with Gasteiger partial charge in [0, 0.05) is 4.88 Å². The van der Waals surface area contributed by atoms with E-state index in [0.29, 0.717) is 23.1 Å². The van der Waals surface area contributed by atoms with E-state index in [-0.39, 0.29) is 0 Å². The van der Waals surface area contributed by atoms with Gasteiger partial charge in [-0.05, 0) is 38.0 Å². The van der Waals surface area contributed by atoms with Crippen molar-refractivity contribution in [3.8, 4) is 11.6 Å². The van der Waals surface area contributed by atoms with Gasteiger partial charge in [0.25, 0.3) is 0 Å². The van der Waals surface area contributed by atoms with Crippen LogP contribution < -0.4 is 15.8 Å². The summed E-state index contributed by atoms with van der Waals surface area (Å²) in [5.74, 6) is 1.49. The molecule has 0 fully saturated rings. The number of aromatic nitrogens is 3. The smallest absolute Gasteiger partial charge is 0.248 e. The Morgan fingerprint density at radius 2 is 1.92 bits per heavy atom. The van der Waals surface area contributed by atoms with Crippen molar-refractivity contribution in [2.24, 2.45) is 0 Å². The maximum atomic E-state index is 6.14. The topological polar surface area (TPSA) is 86.0 Å². The second kappa shape index (κ2) is 6.84. The number of rotatable bonds is 5. The Morgan fingerprint density at radius 3 is 2.54 bits per heavy atom. The average Bonchev–Trinajstić information content (AvgIpc) is 2.90. The van der Waals surface area contributed by atoms with E-state index in [9.17, 15) is 0 Å². The summed E-state index contributed by atoms with van der Waals surface area (Å²) in [6.07, 6.45) is 2.40. The molecule has 0 aliphatic rings. The van der Waals surface area contributed by atoms with E-state index in [4.69, 9.17) is 10.5 Å². The summed E-state index contributed by atoms with van der Waals surface area (Å²) >= 11 is 1.55.